The lowest BCUT2D eigenvalue weighted by molar-refractivity contribution is -0.683. The van der Waals surface area contributed by atoms with Crippen molar-refractivity contribution in [3.05, 3.63) is 109 Å². The van der Waals surface area contributed by atoms with E-state index in [0.29, 0.717) is 59.1 Å². The number of hydrogen-bond donors (Lipinski definition) is 4. The van der Waals surface area contributed by atoms with Gasteiger partial charge < -0.3 is 0 Å². The standard InChI is InChI=1S/C32H30N4O12S4/c37-49(38,39)25-7-3-23(4-8-25)19-35-21-33(29-13-11-27(17-31(29)35)51(43,44)45)15-1-2-16-34-22-36(20-24-5-9-26(10-6-24)50(40,41)42)32-18-28(52(46,47)48)12-14-30(32)34/h3-14,17-18,21-22H,1-2,15-16,19-20H2,(H2-2,37,38,39,40,41,42,43,44,45,46,47,48)/p+2. The molecular formula is C32H32N4O12S4+2. The van der Waals surface area contributed by atoms with Crippen molar-refractivity contribution in [2.24, 2.45) is 0 Å². The van der Waals surface area contributed by atoms with Crippen LogP contribution in [0.1, 0.15) is 24.0 Å². The fourth-order valence-electron chi connectivity index (χ4n) is 5.96. The fourth-order valence-corrected chi connectivity index (χ4v) is 7.92. The first-order valence-electron chi connectivity index (χ1n) is 15.4. The van der Waals surface area contributed by atoms with Crippen molar-refractivity contribution in [2.45, 2.75) is 58.6 Å². The highest BCUT2D eigenvalue weighted by atomic mass is 32.2. The van der Waals surface area contributed by atoms with E-state index in [2.05, 4.69) is 0 Å². The van der Waals surface area contributed by atoms with E-state index in [1.165, 1.54) is 72.8 Å². The second kappa shape index (κ2) is 13.8. The number of hydrogen-bond acceptors (Lipinski definition) is 8. The molecule has 0 saturated heterocycles. The zero-order valence-electron chi connectivity index (χ0n) is 27.0. The van der Waals surface area contributed by atoms with Crippen molar-refractivity contribution in [2.75, 3.05) is 0 Å². The van der Waals surface area contributed by atoms with E-state index >= 15 is 0 Å². The lowest BCUT2D eigenvalue weighted by atomic mass is 10.2. The highest BCUT2D eigenvalue weighted by Crippen LogP contribution is 2.22. The summed E-state index contributed by atoms with van der Waals surface area (Å²) < 4.78 is 139. The third-order valence-electron chi connectivity index (χ3n) is 8.48. The van der Waals surface area contributed by atoms with Gasteiger partial charge in [-0.05, 0) is 72.5 Å². The summed E-state index contributed by atoms with van der Waals surface area (Å²) in [5, 5.41) is 0. The number of rotatable bonds is 13. The highest BCUT2D eigenvalue weighted by molar-refractivity contribution is 7.86. The number of fused-ring (bicyclic) bond motifs is 2. The zero-order chi connectivity index (χ0) is 37.6. The van der Waals surface area contributed by atoms with Crippen LogP contribution in [0.5, 0.6) is 0 Å². The van der Waals surface area contributed by atoms with Gasteiger partial charge in [0.15, 0.2) is 22.1 Å². The molecule has 0 aliphatic heterocycles. The summed E-state index contributed by atoms with van der Waals surface area (Å²) in [5.41, 5.74) is 3.64. The van der Waals surface area contributed by atoms with Gasteiger partial charge in [-0.15, -0.1) is 0 Å². The van der Waals surface area contributed by atoms with Crippen molar-refractivity contribution in [3.8, 4) is 0 Å². The van der Waals surface area contributed by atoms with E-state index in [9.17, 15) is 51.9 Å². The van der Waals surface area contributed by atoms with E-state index in [1.807, 2.05) is 9.13 Å². The number of aryl methyl sites for hydroxylation is 2. The summed E-state index contributed by atoms with van der Waals surface area (Å²) in [4.78, 5) is -1.14. The van der Waals surface area contributed by atoms with Gasteiger partial charge in [-0.25, -0.2) is 18.3 Å². The second-order valence-corrected chi connectivity index (χ2v) is 17.8. The maximum absolute atomic E-state index is 11.9. The van der Waals surface area contributed by atoms with E-state index in [4.69, 9.17) is 0 Å². The monoisotopic (exact) mass is 792 g/mol. The van der Waals surface area contributed by atoms with Crippen LogP contribution in [0, 0.1) is 0 Å². The number of benzene rings is 4. The summed E-state index contributed by atoms with van der Waals surface area (Å²) >= 11 is 0. The Morgan fingerprint density at radius 2 is 0.750 bits per heavy atom. The van der Waals surface area contributed by atoms with Gasteiger partial charge in [-0.3, -0.25) is 18.2 Å². The van der Waals surface area contributed by atoms with Gasteiger partial charge in [0.05, 0.1) is 32.7 Å². The first-order chi connectivity index (χ1) is 24.3. The SMILES string of the molecule is O=S(=O)(O)c1ccc(Cn2c[n+](CCCC[n+]3cn(Cc4ccc(S(=O)(=O)O)cc4)c4cc(S(=O)(=O)O)ccc43)c3ccc(S(=O)(=O)O)cc32)cc1. The summed E-state index contributed by atoms with van der Waals surface area (Å²) in [6, 6.07) is 19.5. The minimum Gasteiger partial charge on any atom is -0.282 e. The zero-order valence-corrected chi connectivity index (χ0v) is 30.2. The van der Waals surface area contributed by atoms with Crippen LogP contribution in [-0.4, -0.2) is 61.0 Å². The molecule has 0 spiro atoms. The first kappa shape index (κ1) is 37.2. The van der Waals surface area contributed by atoms with E-state index < -0.39 is 40.5 Å². The van der Waals surface area contributed by atoms with Crippen LogP contribution in [0.2, 0.25) is 0 Å². The van der Waals surface area contributed by atoms with Crippen molar-refractivity contribution in [3.63, 3.8) is 0 Å². The molecule has 0 amide bonds. The molecule has 0 aliphatic carbocycles. The molecule has 0 unspecified atom stereocenters. The maximum atomic E-state index is 11.9. The molecule has 0 aliphatic rings. The van der Waals surface area contributed by atoms with Crippen LogP contribution in [-0.2, 0) is 66.7 Å². The first-order valence-corrected chi connectivity index (χ1v) is 21.2. The topological polar surface area (TPSA) is 235 Å². The fraction of sp³-hybridized carbons (Fsp3) is 0.188. The summed E-state index contributed by atoms with van der Waals surface area (Å²) in [5.74, 6) is 0. The Labute approximate surface area is 298 Å². The number of imidazole rings is 2. The number of nitrogens with zero attached hydrogens (tertiary/aromatic N) is 4. The average molecular weight is 793 g/mol. The maximum Gasteiger partial charge on any atom is 0.294 e. The molecule has 274 valence electrons. The normalized spacial score (nSPS) is 12.9. The number of aromatic nitrogens is 4. The van der Waals surface area contributed by atoms with Gasteiger partial charge >= 0.3 is 0 Å². The van der Waals surface area contributed by atoms with Gasteiger partial charge in [0, 0.05) is 12.1 Å². The molecule has 0 saturated carbocycles. The molecule has 6 rings (SSSR count). The summed E-state index contributed by atoms with van der Waals surface area (Å²) in [7, 11) is -17.8. The van der Waals surface area contributed by atoms with Gasteiger partial charge in [-0.1, -0.05) is 24.3 Å². The number of unbranched alkanes of at least 4 members (excludes halogenated alkanes) is 1. The molecule has 0 atom stereocenters. The van der Waals surface area contributed by atoms with Gasteiger partial charge in [0.25, 0.3) is 40.5 Å². The smallest absolute Gasteiger partial charge is 0.282 e. The lowest BCUT2D eigenvalue weighted by Crippen LogP contribution is -2.35. The summed E-state index contributed by atoms with van der Waals surface area (Å²) in [6.45, 7) is 1.40. The molecule has 0 radical (unpaired) electrons. The molecule has 16 nitrogen and oxygen atoms in total. The van der Waals surface area contributed by atoms with Crippen LogP contribution < -0.4 is 9.13 Å². The lowest BCUT2D eigenvalue weighted by Gasteiger charge is -2.02. The molecule has 2 aromatic heterocycles. The molecule has 2 heterocycles. The Bertz CT molecular complexity index is 2580. The second-order valence-electron chi connectivity index (χ2n) is 12.1. The predicted octanol–water partition coefficient (Wildman–Crippen LogP) is 2.73. The van der Waals surface area contributed by atoms with E-state index in [1.54, 1.807) is 33.9 Å². The van der Waals surface area contributed by atoms with Gasteiger partial charge in [0.2, 0.25) is 12.7 Å². The minimum absolute atomic E-state index is 0.212. The highest BCUT2D eigenvalue weighted by Gasteiger charge is 2.23. The molecule has 6 aromatic rings. The van der Waals surface area contributed by atoms with E-state index in [-0.39, 0.29) is 32.7 Å². The molecule has 52 heavy (non-hydrogen) atoms. The molecule has 4 N–H and O–H groups in total. The van der Waals surface area contributed by atoms with Crippen molar-refractivity contribution >= 4 is 62.5 Å². The van der Waals surface area contributed by atoms with Crippen LogP contribution in [0.4, 0.5) is 0 Å². The molecule has 0 bridgehead atoms. The minimum atomic E-state index is -4.51. The van der Waals surface area contributed by atoms with Crippen LogP contribution >= 0.6 is 0 Å². The molecular weight excluding hydrogens is 761 g/mol. The van der Waals surface area contributed by atoms with E-state index in [0.717, 1.165) is 0 Å². The van der Waals surface area contributed by atoms with Gasteiger partial charge in [0.1, 0.15) is 13.1 Å². The molecule has 0 fully saturated rings. The quantitative estimate of drug-likeness (QED) is 0.0751. The predicted molar refractivity (Wildman–Crippen MR) is 184 cm³/mol. The average Bonchev–Trinajstić information content (AvgIpc) is 3.58. The van der Waals surface area contributed by atoms with Gasteiger partial charge in [-0.2, -0.15) is 33.7 Å². The summed E-state index contributed by atoms with van der Waals surface area (Å²) in [6.07, 6.45) is 4.82. The van der Waals surface area contributed by atoms with Crippen molar-refractivity contribution in [1.82, 2.24) is 9.13 Å². The molecule has 20 heteroatoms. The van der Waals surface area contributed by atoms with Crippen LogP contribution in [0.15, 0.2) is 117 Å². The Morgan fingerprint density at radius 3 is 1.06 bits per heavy atom. The Kier molecular flexibility index (Phi) is 9.87. The third-order valence-corrected chi connectivity index (χ3v) is 11.9. The van der Waals surface area contributed by atoms with Crippen LogP contribution in [0.3, 0.4) is 0 Å². The molecule has 4 aromatic carbocycles. The van der Waals surface area contributed by atoms with Crippen molar-refractivity contribution < 1.29 is 61.0 Å². The largest absolute Gasteiger partial charge is 0.294 e. The Hall–Kier alpha value is -4.54. The third kappa shape index (κ3) is 8.24. The van der Waals surface area contributed by atoms with Crippen LogP contribution in [0.25, 0.3) is 22.1 Å². The Balaban J connectivity index is 1.25. The Morgan fingerprint density at radius 1 is 0.442 bits per heavy atom. The van der Waals surface area contributed by atoms with Crippen molar-refractivity contribution in [1.29, 1.82) is 0 Å².